The molecule has 2 unspecified atom stereocenters. The molecular weight excluding hydrogens is 369 g/mol. The molecule has 0 aliphatic rings. The number of nitrogens with two attached hydrogens (primary N) is 1. The van der Waals surface area contributed by atoms with Gasteiger partial charge in [0.25, 0.3) is 0 Å². The maximum atomic E-state index is 10.4. The average molecular weight is 393 g/mol. The summed E-state index contributed by atoms with van der Waals surface area (Å²) in [6, 6.07) is 9.49. The Kier molecular flexibility index (Phi) is 8.75. The first-order valence-electron chi connectivity index (χ1n) is 6.29. The van der Waals surface area contributed by atoms with Crippen LogP contribution in [0.25, 0.3) is 0 Å². The molecule has 0 saturated heterocycles. The fourth-order valence-electron chi connectivity index (χ4n) is 1.72. The molecule has 1 rings (SSSR count). The minimum absolute atomic E-state index is 0. The normalized spacial score (nSPS) is 15.9. The maximum Gasteiger partial charge on any atom is 0.188 e. The monoisotopic (exact) mass is 393 g/mol. The topological polar surface area (TPSA) is 79.9 Å². The number of hydrogen-bond donors (Lipinski definition) is 3. The van der Waals surface area contributed by atoms with Crippen molar-refractivity contribution < 1.29 is 9.84 Å². The Labute approximate surface area is 137 Å². The molecular formula is C14H24IN3O2. The van der Waals surface area contributed by atoms with Crippen molar-refractivity contribution in [2.75, 3.05) is 20.3 Å². The summed E-state index contributed by atoms with van der Waals surface area (Å²) in [5.41, 5.74) is 5.55. The number of hydrogen-bond acceptors (Lipinski definition) is 3. The Bertz CT molecular complexity index is 410. The number of nitrogens with zero attached hydrogens (tertiary/aromatic N) is 1. The van der Waals surface area contributed by atoms with Crippen LogP contribution in [0.1, 0.15) is 19.4 Å². The van der Waals surface area contributed by atoms with Crippen molar-refractivity contribution in [3.05, 3.63) is 35.9 Å². The van der Waals surface area contributed by atoms with Gasteiger partial charge in [-0.15, -0.1) is 24.0 Å². The molecule has 0 aromatic heterocycles. The van der Waals surface area contributed by atoms with Crippen LogP contribution < -0.4 is 11.1 Å². The Morgan fingerprint density at radius 2 is 2.05 bits per heavy atom. The van der Waals surface area contributed by atoms with Crippen molar-refractivity contribution in [2.45, 2.75) is 25.5 Å². The molecule has 1 aromatic carbocycles. The second-order valence-electron chi connectivity index (χ2n) is 4.84. The molecule has 2 atom stereocenters. The molecule has 0 radical (unpaired) electrons. The molecule has 0 spiro atoms. The van der Waals surface area contributed by atoms with Crippen LogP contribution in [-0.2, 0) is 10.3 Å². The van der Waals surface area contributed by atoms with Crippen LogP contribution >= 0.6 is 24.0 Å². The van der Waals surface area contributed by atoms with Gasteiger partial charge in [0.1, 0.15) is 5.60 Å². The molecule has 0 aliphatic heterocycles. The van der Waals surface area contributed by atoms with E-state index in [1.54, 1.807) is 14.0 Å². The van der Waals surface area contributed by atoms with E-state index in [2.05, 4.69) is 10.3 Å². The van der Waals surface area contributed by atoms with Crippen LogP contribution in [-0.4, -0.2) is 37.4 Å². The molecule has 0 aliphatic carbocycles. The van der Waals surface area contributed by atoms with Gasteiger partial charge >= 0.3 is 0 Å². The highest BCUT2D eigenvalue weighted by Crippen LogP contribution is 2.20. The standard InChI is InChI=1S/C14H23N3O2.HI/c1-11(9-19-3)17-13(15)16-10-14(2,18)12-7-5-4-6-8-12;/h4-8,11,18H,9-10H2,1-3H3,(H3,15,16,17);1H. The van der Waals surface area contributed by atoms with Crippen LogP contribution in [0.15, 0.2) is 35.3 Å². The molecule has 20 heavy (non-hydrogen) atoms. The third kappa shape index (κ3) is 6.53. The van der Waals surface area contributed by atoms with E-state index < -0.39 is 5.60 Å². The summed E-state index contributed by atoms with van der Waals surface area (Å²) in [4.78, 5) is 4.17. The van der Waals surface area contributed by atoms with Crippen molar-refractivity contribution in [2.24, 2.45) is 10.7 Å². The van der Waals surface area contributed by atoms with Gasteiger partial charge in [-0.2, -0.15) is 0 Å². The van der Waals surface area contributed by atoms with Crippen molar-refractivity contribution in [1.29, 1.82) is 0 Å². The van der Waals surface area contributed by atoms with Crippen LogP contribution in [0.4, 0.5) is 0 Å². The minimum atomic E-state index is -1.03. The van der Waals surface area contributed by atoms with E-state index in [0.29, 0.717) is 12.6 Å². The van der Waals surface area contributed by atoms with Gasteiger partial charge in [0.05, 0.1) is 13.2 Å². The van der Waals surface area contributed by atoms with Crippen molar-refractivity contribution in [1.82, 2.24) is 5.32 Å². The smallest absolute Gasteiger partial charge is 0.188 e. The average Bonchev–Trinajstić information content (AvgIpc) is 2.38. The number of guanidine groups is 1. The lowest BCUT2D eigenvalue weighted by Gasteiger charge is -2.22. The van der Waals surface area contributed by atoms with Crippen LogP contribution in [0.3, 0.4) is 0 Å². The van der Waals surface area contributed by atoms with E-state index in [1.165, 1.54) is 0 Å². The van der Waals surface area contributed by atoms with Gasteiger partial charge in [0.2, 0.25) is 0 Å². The summed E-state index contributed by atoms with van der Waals surface area (Å²) in [7, 11) is 1.63. The van der Waals surface area contributed by atoms with E-state index >= 15 is 0 Å². The van der Waals surface area contributed by atoms with E-state index in [0.717, 1.165) is 5.56 Å². The number of rotatable bonds is 6. The van der Waals surface area contributed by atoms with Gasteiger partial charge in [-0.1, -0.05) is 30.3 Å². The molecule has 0 amide bonds. The molecule has 0 bridgehead atoms. The number of aliphatic hydroxyl groups is 1. The first-order valence-corrected chi connectivity index (χ1v) is 6.29. The van der Waals surface area contributed by atoms with E-state index in [4.69, 9.17) is 10.5 Å². The number of nitrogens with one attached hydrogen (secondary N) is 1. The van der Waals surface area contributed by atoms with Crippen LogP contribution in [0, 0.1) is 0 Å². The SMILES string of the molecule is COCC(C)NC(N)=NCC(C)(O)c1ccccc1.I. The summed E-state index contributed by atoms with van der Waals surface area (Å²) in [6.45, 7) is 4.42. The maximum absolute atomic E-state index is 10.4. The molecule has 0 saturated carbocycles. The third-order valence-electron chi connectivity index (χ3n) is 2.76. The molecule has 0 heterocycles. The first-order chi connectivity index (χ1) is 8.95. The third-order valence-corrected chi connectivity index (χ3v) is 2.76. The van der Waals surface area contributed by atoms with Gasteiger partial charge < -0.3 is 20.9 Å². The second-order valence-corrected chi connectivity index (χ2v) is 4.84. The summed E-state index contributed by atoms with van der Waals surface area (Å²) >= 11 is 0. The molecule has 4 N–H and O–H groups in total. The Balaban J connectivity index is 0.00000361. The number of methoxy groups -OCH3 is 1. The Morgan fingerprint density at radius 1 is 1.45 bits per heavy atom. The first kappa shape index (κ1) is 19.1. The lowest BCUT2D eigenvalue weighted by molar-refractivity contribution is 0.0672. The zero-order valence-electron chi connectivity index (χ0n) is 12.2. The van der Waals surface area contributed by atoms with Crippen molar-refractivity contribution in [3.8, 4) is 0 Å². The summed E-state index contributed by atoms with van der Waals surface area (Å²) in [5.74, 6) is 0.306. The molecule has 1 aromatic rings. The molecule has 114 valence electrons. The second kappa shape index (κ2) is 9.15. The number of benzene rings is 1. The van der Waals surface area contributed by atoms with Gasteiger partial charge in [0.15, 0.2) is 5.96 Å². The largest absolute Gasteiger partial charge is 0.384 e. The fraction of sp³-hybridized carbons (Fsp3) is 0.500. The van der Waals surface area contributed by atoms with Gasteiger partial charge in [0, 0.05) is 13.2 Å². The summed E-state index contributed by atoms with van der Waals surface area (Å²) in [5, 5.41) is 13.4. The molecule has 0 fully saturated rings. The minimum Gasteiger partial charge on any atom is -0.384 e. The highest BCUT2D eigenvalue weighted by atomic mass is 127. The van der Waals surface area contributed by atoms with Gasteiger partial charge in [-0.25, -0.2) is 0 Å². The number of halogens is 1. The fourth-order valence-corrected chi connectivity index (χ4v) is 1.72. The van der Waals surface area contributed by atoms with E-state index in [1.807, 2.05) is 37.3 Å². The van der Waals surface area contributed by atoms with Gasteiger partial charge in [-0.3, -0.25) is 4.99 Å². The van der Waals surface area contributed by atoms with E-state index in [-0.39, 0.29) is 36.6 Å². The lowest BCUT2D eigenvalue weighted by Crippen LogP contribution is -2.41. The molecule has 6 heteroatoms. The summed E-state index contributed by atoms with van der Waals surface area (Å²) < 4.78 is 5.00. The zero-order valence-corrected chi connectivity index (χ0v) is 14.5. The lowest BCUT2D eigenvalue weighted by atomic mass is 9.96. The highest BCUT2D eigenvalue weighted by molar-refractivity contribution is 14.0. The number of ether oxygens (including phenoxy) is 1. The Morgan fingerprint density at radius 3 is 2.60 bits per heavy atom. The van der Waals surface area contributed by atoms with E-state index in [9.17, 15) is 5.11 Å². The Hall–Kier alpha value is -0.860. The van der Waals surface area contributed by atoms with Crippen molar-refractivity contribution >= 4 is 29.9 Å². The summed E-state index contributed by atoms with van der Waals surface area (Å²) in [6.07, 6.45) is 0. The molecule has 5 nitrogen and oxygen atoms in total. The predicted octanol–water partition coefficient (Wildman–Crippen LogP) is 1.45. The van der Waals surface area contributed by atoms with Crippen LogP contribution in [0.2, 0.25) is 0 Å². The van der Waals surface area contributed by atoms with Crippen molar-refractivity contribution in [3.63, 3.8) is 0 Å². The van der Waals surface area contributed by atoms with Gasteiger partial charge in [-0.05, 0) is 19.4 Å². The highest BCUT2D eigenvalue weighted by Gasteiger charge is 2.22. The zero-order chi connectivity index (χ0) is 14.3. The predicted molar refractivity (Wildman–Crippen MR) is 92.4 cm³/mol. The quantitative estimate of drug-likeness (QED) is 0.388. The number of aliphatic imine (C=N–C) groups is 1. The van der Waals surface area contributed by atoms with Crippen LogP contribution in [0.5, 0.6) is 0 Å².